The van der Waals surface area contributed by atoms with Gasteiger partial charge in [0, 0.05) is 0 Å². The number of aromatic nitrogens is 2. The highest BCUT2D eigenvalue weighted by atomic mass is 19.4. The average Bonchev–Trinajstić information content (AvgIpc) is 2.80. The Labute approximate surface area is 121 Å². The van der Waals surface area contributed by atoms with Crippen molar-refractivity contribution in [2.24, 2.45) is 5.73 Å². The summed E-state index contributed by atoms with van der Waals surface area (Å²) in [6.07, 6.45) is -4.50. The number of hydrogen-bond donors (Lipinski definition) is 2. The maximum Gasteiger partial charge on any atom is 0.411 e. The number of methoxy groups -OCH3 is 1. The molecular weight excluding hydrogens is 313 g/mol. The second-order valence-electron chi connectivity index (χ2n) is 3.92. The molecule has 1 heterocycles. The number of nitrogens with one attached hydrogen (secondary N) is 1. The molecular formula is C10H12F3N4O5-. The van der Waals surface area contributed by atoms with Gasteiger partial charge in [-0.3, -0.25) is 9.48 Å². The van der Waals surface area contributed by atoms with E-state index in [0.717, 1.165) is 11.8 Å². The first-order valence-corrected chi connectivity index (χ1v) is 5.72. The molecule has 9 nitrogen and oxygen atoms in total. The van der Waals surface area contributed by atoms with Crippen LogP contribution in [0, 0.1) is 5.21 Å². The second kappa shape index (κ2) is 7.09. The van der Waals surface area contributed by atoms with E-state index in [0.29, 0.717) is 0 Å². The lowest BCUT2D eigenvalue weighted by Gasteiger charge is -2.11. The van der Waals surface area contributed by atoms with Crippen molar-refractivity contribution < 1.29 is 32.2 Å². The lowest BCUT2D eigenvalue weighted by atomic mass is 10.3. The largest absolute Gasteiger partial charge is 0.761 e. The Morgan fingerprint density at radius 2 is 2.09 bits per heavy atom. The highest BCUT2D eigenvalue weighted by Gasteiger charge is 2.28. The molecule has 0 aliphatic heterocycles. The van der Waals surface area contributed by atoms with Crippen molar-refractivity contribution in [2.75, 3.05) is 25.8 Å². The van der Waals surface area contributed by atoms with Gasteiger partial charge in [0.2, 0.25) is 0 Å². The van der Waals surface area contributed by atoms with Crippen LogP contribution in [0.15, 0.2) is 0 Å². The minimum absolute atomic E-state index is 0.333. The van der Waals surface area contributed by atoms with Gasteiger partial charge in [-0.25, -0.2) is 4.79 Å². The normalized spacial score (nSPS) is 11.3. The lowest BCUT2D eigenvalue weighted by molar-refractivity contribution is -0.174. The molecule has 0 aliphatic carbocycles. The number of amides is 1. The van der Waals surface area contributed by atoms with Crippen LogP contribution in [0.1, 0.15) is 21.0 Å². The third-order valence-corrected chi connectivity index (χ3v) is 2.38. The van der Waals surface area contributed by atoms with Crippen LogP contribution in [0.4, 0.5) is 18.9 Å². The van der Waals surface area contributed by atoms with Crippen LogP contribution in [0.3, 0.4) is 0 Å². The van der Waals surface area contributed by atoms with Crippen LogP contribution < -0.4 is 11.2 Å². The van der Waals surface area contributed by atoms with E-state index in [4.69, 9.17) is 5.73 Å². The number of alkyl halides is 3. The highest BCUT2D eigenvalue weighted by Crippen LogP contribution is 2.21. The van der Waals surface area contributed by atoms with Gasteiger partial charge in [-0.15, -0.1) is 0 Å². The van der Waals surface area contributed by atoms with Gasteiger partial charge in [0.05, 0.1) is 25.9 Å². The maximum absolute atomic E-state index is 11.9. The molecule has 1 amide bonds. The molecule has 0 aromatic carbocycles. The number of carbonyl (C=O) groups is 2. The molecule has 1 aromatic rings. The first-order chi connectivity index (χ1) is 10.2. The van der Waals surface area contributed by atoms with Gasteiger partial charge >= 0.3 is 12.1 Å². The lowest BCUT2D eigenvalue weighted by Crippen LogP contribution is -2.22. The number of nitrogens with zero attached hydrogens (tertiary/aromatic N) is 2. The molecule has 22 heavy (non-hydrogen) atoms. The summed E-state index contributed by atoms with van der Waals surface area (Å²) in [4.78, 5) is 22.8. The van der Waals surface area contributed by atoms with Crippen LogP contribution >= 0.6 is 0 Å². The molecule has 0 spiro atoms. The van der Waals surface area contributed by atoms with Crippen molar-refractivity contribution in [2.45, 2.75) is 12.7 Å². The summed E-state index contributed by atoms with van der Waals surface area (Å²) < 4.78 is 45.3. The van der Waals surface area contributed by atoms with Gasteiger partial charge in [-0.1, -0.05) is 0 Å². The van der Waals surface area contributed by atoms with E-state index >= 15 is 0 Å². The summed E-state index contributed by atoms with van der Waals surface area (Å²) in [6.45, 7) is -2.29. The molecule has 0 radical (unpaired) electrons. The summed E-state index contributed by atoms with van der Waals surface area (Å²) in [5.74, 6) is -2.12. The van der Waals surface area contributed by atoms with Crippen LogP contribution in [-0.4, -0.2) is 48.2 Å². The third-order valence-electron chi connectivity index (χ3n) is 2.38. The van der Waals surface area contributed by atoms with E-state index in [9.17, 15) is 28.0 Å². The van der Waals surface area contributed by atoms with E-state index in [1.807, 2.05) is 0 Å². The Bertz CT molecular complexity index is 557. The smallest absolute Gasteiger partial charge is 0.411 e. The number of nitrogens with two attached hydrogens (primary N) is 1. The molecule has 0 atom stereocenters. The fourth-order valence-electron chi connectivity index (χ4n) is 1.55. The molecule has 1 aromatic heterocycles. The minimum Gasteiger partial charge on any atom is -0.761 e. The molecule has 0 saturated heterocycles. The SMILES string of the molecule is COC(=O)c1nn(CCOCC(F)(F)F)c(C(N)=O)c1N[O-]. The summed E-state index contributed by atoms with van der Waals surface area (Å²) >= 11 is 0. The quantitative estimate of drug-likeness (QED) is 0.417. The minimum atomic E-state index is -4.50. The maximum atomic E-state index is 11.9. The number of esters is 1. The van der Waals surface area contributed by atoms with E-state index < -0.39 is 48.3 Å². The van der Waals surface area contributed by atoms with Crippen LogP contribution in [0.2, 0.25) is 0 Å². The van der Waals surface area contributed by atoms with E-state index in [1.165, 1.54) is 5.48 Å². The first kappa shape index (κ1) is 17.7. The van der Waals surface area contributed by atoms with E-state index in [1.54, 1.807) is 0 Å². The molecule has 3 N–H and O–H groups in total. The van der Waals surface area contributed by atoms with Crippen molar-refractivity contribution >= 4 is 17.6 Å². The van der Waals surface area contributed by atoms with Gasteiger partial charge in [0.15, 0.2) is 5.69 Å². The second-order valence-corrected chi connectivity index (χ2v) is 3.92. The molecule has 0 fully saturated rings. The highest BCUT2D eigenvalue weighted by molar-refractivity contribution is 6.03. The zero-order chi connectivity index (χ0) is 16.9. The third kappa shape index (κ3) is 4.33. The molecule has 0 bridgehead atoms. The van der Waals surface area contributed by atoms with Crippen molar-refractivity contribution in [3.05, 3.63) is 16.6 Å². The van der Waals surface area contributed by atoms with Crippen LogP contribution in [0.5, 0.6) is 0 Å². The number of halogens is 3. The number of anilines is 1. The molecule has 12 heteroatoms. The fraction of sp³-hybridized carbons (Fsp3) is 0.500. The van der Waals surface area contributed by atoms with Crippen molar-refractivity contribution in [1.29, 1.82) is 0 Å². The number of carbonyl (C=O) groups excluding carboxylic acids is 2. The average molecular weight is 325 g/mol. The van der Waals surface area contributed by atoms with Gasteiger partial charge in [0.25, 0.3) is 5.91 Å². The van der Waals surface area contributed by atoms with Gasteiger partial charge in [-0.2, -0.15) is 18.3 Å². The monoisotopic (exact) mass is 325 g/mol. The number of ether oxygens (including phenoxy) is 2. The van der Waals surface area contributed by atoms with Crippen LogP contribution in [0.25, 0.3) is 0 Å². The zero-order valence-electron chi connectivity index (χ0n) is 11.3. The van der Waals surface area contributed by atoms with E-state index in [-0.39, 0.29) is 6.54 Å². The van der Waals surface area contributed by atoms with Crippen molar-refractivity contribution in [3.8, 4) is 0 Å². The predicted octanol–water partition coefficient (Wildman–Crippen LogP) is 0.257. The van der Waals surface area contributed by atoms with Crippen molar-refractivity contribution in [1.82, 2.24) is 9.78 Å². The molecule has 0 saturated carbocycles. The topological polar surface area (TPSA) is 132 Å². The summed E-state index contributed by atoms with van der Waals surface area (Å²) in [6, 6.07) is 0. The Hall–Kier alpha value is -2.34. The zero-order valence-corrected chi connectivity index (χ0v) is 11.3. The van der Waals surface area contributed by atoms with Gasteiger partial charge < -0.3 is 25.9 Å². The standard InChI is InChI=1S/C10H12F3N4O5/c1-21-9(19)6-5(16-20)7(8(14)18)17(15-6)2-3-22-4-10(11,12)13/h16H,2-4H2,1H3,(H2,14,18)/q-1. The number of hydrogen-bond acceptors (Lipinski definition) is 7. The molecule has 124 valence electrons. The van der Waals surface area contributed by atoms with Crippen molar-refractivity contribution in [3.63, 3.8) is 0 Å². The molecule has 0 aliphatic rings. The molecule has 1 rings (SSSR count). The Morgan fingerprint density at radius 1 is 1.45 bits per heavy atom. The first-order valence-electron chi connectivity index (χ1n) is 5.72. The predicted molar refractivity (Wildman–Crippen MR) is 65.9 cm³/mol. The number of rotatable bonds is 7. The summed E-state index contributed by atoms with van der Waals surface area (Å²) in [5, 5.41) is 14.5. The summed E-state index contributed by atoms with van der Waals surface area (Å²) in [7, 11) is 1.02. The van der Waals surface area contributed by atoms with E-state index in [2.05, 4.69) is 14.6 Å². The van der Waals surface area contributed by atoms with Gasteiger partial charge in [-0.05, 0) is 0 Å². The Kier molecular flexibility index (Phi) is 5.70. The Balaban J connectivity index is 2.96. The fourth-order valence-corrected chi connectivity index (χ4v) is 1.55. The van der Waals surface area contributed by atoms with Gasteiger partial charge in [0.1, 0.15) is 12.3 Å². The molecule has 0 unspecified atom stereocenters. The number of primary amides is 1. The Morgan fingerprint density at radius 3 is 2.55 bits per heavy atom. The van der Waals surface area contributed by atoms with Crippen LogP contribution in [-0.2, 0) is 16.0 Å². The summed E-state index contributed by atoms with van der Waals surface area (Å²) in [5.41, 5.74) is 4.91.